The zero-order chi connectivity index (χ0) is 8.55. The molecule has 1 aliphatic rings. The van der Waals surface area contributed by atoms with Gasteiger partial charge in [0.25, 0.3) is 0 Å². The molecule has 1 aromatic rings. The highest BCUT2D eigenvalue weighted by molar-refractivity contribution is 9.09. The van der Waals surface area contributed by atoms with E-state index < -0.39 is 0 Å². The van der Waals surface area contributed by atoms with Gasteiger partial charge in [0.1, 0.15) is 0 Å². The van der Waals surface area contributed by atoms with E-state index in [1.54, 1.807) is 5.56 Å². The maximum atomic E-state index is 3.63. The van der Waals surface area contributed by atoms with Crippen LogP contribution < -0.4 is 0 Å². The molecule has 0 N–H and O–H groups in total. The Morgan fingerprint density at radius 3 is 2.58 bits per heavy atom. The molecule has 0 aliphatic heterocycles. The molecule has 0 saturated heterocycles. The van der Waals surface area contributed by atoms with Crippen LogP contribution in [0.5, 0.6) is 0 Å². The van der Waals surface area contributed by atoms with Crippen molar-refractivity contribution in [1.82, 2.24) is 0 Å². The molecule has 0 spiro atoms. The highest BCUT2D eigenvalue weighted by atomic mass is 79.9. The van der Waals surface area contributed by atoms with Crippen LogP contribution in [0.2, 0.25) is 0 Å². The molecule has 0 aromatic heterocycles. The van der Waals surface area contributed by atoms with E-state index in [-0.39, 0.29) is 0 Å². The van der Waals surface area contributed by atoms with E-state index in [1.807, 2.05) is 0 Å². The van der Waals surface area contributed by atoms with E-state index in [1.165, 1.54) is 18.4 Å². The van der Waals surface area contributed by atoms with E-state index >= 15 is 0 Å². The van der Waals surface area contributed by atoms with Crippen LogP contribution in [0, 0.1) is 0 Å². The minimum atomic E-state index is 0.495. The molecule has 0 amide bonds. The Morgan fingerprint density at radius 1 is 1.33 bits per heavy atom. The summed E-state index contributed by atoms with van der Waals surface area (Å²) in [5.74, 6) is 0.862. The second-order valence-electron chi connectivity index (χ2n) is 3.52. The Labute approximate surface area is 82.1 Å². The first-order valence-corrected chi connectivity index (χ1v) is 5.43. The highest BCUT2D eigenvalue weighted by Gasteiger charge is 2.26. The van der Waals surface area contributed by atoms with Gasteiger partial charge in [-0.3, -0.25) is 0 Å². The van der Waals surface area contributed by atoms with Crippen molar-refractivity contribution in [1.29, 1.82) is 0 Å². The summed E-state index contributed by atoms with van der Waals surface area (Å²) in [4.78, 5) is 0.495. The molecule has 1 aliphatic carbocycles. The van der Waals surface area contributed by atoms with Crippen LogP contribution in [-0.4, -0.2) is 0 Å². The molecule has 0 radical (unpaired) electrons. The number of hydrogen-bond donors (Lipinski definition) is 0. The molecular weight excluding hydrogens is 212 g/mol. The zero-order valence-corrected chi connectivity index (χ0v) is 8.84. The molecule has 1 fully saturated rings. The Morgan fingerprint density at radius 2 is 2.00 bits per heavy atom. The van der Waals surface area contributed by atoms with Gasteiger partial charge in [-0.2, -0.15) is 0 Å². The molecular formula is C11H13Br. The van der Waals surface area contributed by atoms with Crippen molar-refractivity contribution in [3.05, 3.63) is 35.4 Å². The third-order valence-electron chi connectivity index (χ3n) is 2.44. The van der Waals surface area contributed by atoms with Crippen LogP contribution in [0.4, 0.5) is 0 Å². The van der Waals surface area contributed by atoms with E-state index in [2.05, 4.69) is 47.1 Å². The van der Waals surface area contributed by atoms with Crippen molar-refractivity contribution in [3.8, 4) is 0 Å². The van der Waals surface area contributed by atoms with Gasteiger partial charge in [-0.25, -0.2) is 0 Å². The molecule has 2 rings (SSSR count). The summed E-state index contributed by atoms with van der Waals surface area (Å²) in [5.41, 5.74) is 3.03. The molecule has 1 unspecified atom stereocenters. The average Bonchev–Trinajstić information content (AvgIpc) is 2.87. The minimum absolute atomic E-state index is 0.495. The quantitative estimate of drug-likeness (QED) is 0.667. The first-order valence-electron chi connectivity index (χ1n) is 4.52. The van der Waals surface area contributed by atoms with Crippen molar-refractivity contribution < 1.29 is 0 Å². The first-order chi connectivity index (χ1) is 5.79. The molecule has 0 nitrogen and oxygen atoms in total. The summed E-state index contributed by atoms with van der Waals surface area (Å²) in [6.07, 6.45) is 2.77. The van der Waals surface area contributed by atoms with Crippen LogP contribution in [0.15, 0.2) is 24.3 Å². The number of hydrogen-bond acceptors (Lipinski definition) is 0. The van der Waals surface area contributed by atoms with Gasteiger partial charge < -0.3 is 0 Å². The smallest absolute Gasteiger partial charge is 0.0369 e. The van der Waals surface area contributed by atoms with Gasteiger partial charge in [-0.05, 0) is 36.8 Å². The van der Waals surface area contributed by atoms with Gasteiger partial charge in [0.15, 0.2) is 0 Å². The van der Waals surface area contributed by atoms with Gasteiger partial charge >= 0.3 is 0 Å². The standard InChI is InChI=1S/C11H13Br/c1-8(12)10-4-2-3-5-11(10)9-6-7-9/h2-5,8-9H,6-7H2,1H3. The van der Waals surface area contributed by atoms with Gasteiger partial charge in [-0.1, -0.05) is 40.2 Å². The second kappa shape index (κ2) is 3.21. The molecule has 64 valence electrons. The second-order valence-corrected chi connectivity index (χ2v) is 4.89. The number of halogens is 1. The summed E-state index contributed by atoms with van der Waals surface area (Å²) in [5, 5.41) is 0. The summed E-state index contributed by atoms with van der Waals surface area (Å²) < 4.78 is 0. The molecule has 1 saturated carbocycles. The fourth-order valence-electron chi connectivity index (χ4n) is 1.64. The fourth-order valence-corrected chi connectivity index (χ4v) is 2.06. The summed E-state index contributed by atoms with van der Waals surface area (Å²) in [6, 6.07) is 8.77. The zero-order valence-electron chi connectivity index (χ0n) is 7.26. The lowest BCUT2D eigenvalue weighted by atomic mass is 10.0. The topological polar surface area (TPSA) is 0 Å². The predicted molar refractivity (Wildman–Crippen MR) is 55.8 cm³/mol. The number of benzene rings is 1. The fraction of sp³-hybridized carbons (Fsp3) is 0.455. The van der Waals surface area contributed by atoms with Crippen molar-refractivity contribution >= 4 is 15.9 Å². The van der Waals surface area contributed by atoms with Crippen molar-refractivity contribution in [2.24, 2.45) is 0 Å². The van der Waals surface area contributed by atoms with E-state index in [0.29, 0.717) is 4.83 Å². The number of alkyl halides is 1. The van der Waals surface area contributed by atoms with Gasteiger partial charge in [0.05, 0.1) is 0 Å². The van der Waals surface area contributed by atoms with Crippen LogP contribution in [-0.2, 0) is 0 Å². The largest absolute Gasteiger partial charge is 0.0842 e. The summed E-state index contributed by atoms with van der Waals surface area (Å²) in [7, 11) is 0. The number of rotatable bonds is 2. The van der Waals surface area contributed by atoms with Crippen LogP contribution in [0.1, 0.15) is 41.6 Å². The minimum Gasteiger partial charge on any atom is -0.0842 e. The Balaban J connectivity index is 2.36. The first kappa shape index (κ1) is 8.31. The van der Waals surface area contributed by atoms with Crippen LogP contribution in [0.3, 0.4) is 0 Å². The highest BCUT2D eigenvalue weighted by Crippen LogP contribution is 2.43. The predicted octanol–water partition coefficient (Wildman–Crippen LogP) is 4.02. The van der Waals surface area contributed by atoms with Crippen molar-refractivity contribution in [3.63, 3.8) is 0 Å². The van der Waals surface area contributed by atoms with Crippen LogP contribution >= 0.6 is 15.9 Å². The maximum Gasteiger partial charge on any atom is 0.0369 e. The summed E-state index contributed by atoms with van der Waals surface area (Å²) in [6.45, 7) is 2.20. The summed E-state index contributed by atoms with van der Waals surface area (Å²) >= 11 is 3.63. The normalized spacial score (nSPS) is 19.2. The molecule has 1 aromatic carbocycles. The lowest BCUT2D eigenvalue weighted by Crippen LogP contribution is -1.91. The average molecular weight is 225 g/mol. The Bertz CT molecular complexity index is 253. The molecule has 12 heavy (non-hydrogen) atoms. The molecule has 1 heteroatoms. The lowest BCUT2D eigenvalue weighted by Gasteiger charge is -2.09. The van der Waals surface area contributed by atoms with Crippen LogP contribution in [0.25, 0.3) is 0 Å². The third-order valence-corrected chi connectivity index (χ3v) is 2.93. The third kappa shape index (κ3) is 1.56. The van der Waals surface area contributed by atoms with Crippen molar-refractivity contribution in [2.45, 2.75) is 30.5 Å². The maximum absolute atomic E-state index is 3.63. The Hall–Kier alpha value is -0.300. The molecule has 0 bridgehead atoms. The Kier molecular flexibility index (Phi) is 2.22. The van der Waals surface area contributed by atoms with Gasteiger partial charge in [-0.15, -0.1) is 0 Å². The monoisotopic (exact) mass is 224 g/mol. The van der Waals surface area contributed by atoms with Gasteiger partial charge in [0.2, 0.25) is 0 Å². The van der Waals surface area contributed by atoms with E-state index in [9.17, 15) is 0 Å². The van der Waals surface area contributed by atoms with Gasteiger partial charge in [0, 0.05) is 4.83 Å². The van der Waals surface area contributed by atoms with E-state index in [0.717, 1.165) is 5.92 Å². The van der Waals surface area contributed by atoms with Crippen molar-refractivity contribution in [2.75, 3.05) is 0 Å². The molecule has 0 heterocycles. The van der Waals surface area contributed by atoms with E-state index in [4.69, 9.17) is 0 Å². The lowest BCUT2D eigenvalue weighted by molar-refractivity contribution is 1.02. The SMILES string of the molecule is CC(Br)c1ccccc1C1CC1. The molecule has 1 atom stereocenters.